The molecular formula is C21H19N3O2. The highest BCUT2D eigenvalue weighted by Gasteiger charge is 2.25. The number of fused-ring (bicyclic) bond motifs is 1. The van der Waals surface area contributed by atoms with Gasteiger partial charge in [0.05, 0.1) is 7.11 Å². The maximum atomic E-state index is 12.1. The Kier molecular flexibility index (Phi) is 4.05. The molecule has 0 saturated heterocycles. The van der Waals surface area contributed by atoms with Crippen LogP contribution in [-0.2, 0) is 6.42 Å². The van der Waals surface area contributed by atoms with Gasteiger partial charge in [-0.2, -0.15) is 0 Å². The van der Waals surface area contributed by atoms with Crippen LogP contribution in [0.15, 0.2) is 54.7 Å². The van der Waals surface area contributed by atoms with Gasteiger partial charge in [-0.15, -0.1) is 0 Å². The van der Waals surface area contributed by atoms with E-state index in [1.807, 2.05) is 48.5 Å². The van der Waals surface area contributed by atoms with Crippen LogP contribution in [-0.4, -0.2) is 17.9 Å². The van der Waals surface area contributed by atoms with E-state index in [9.17, 15) is 4.79 Å². The fourth-order valence-corrected chi connectivity index (χ4v) is 3.40. The van der Waals surface area contributed by atoms with E-state index < -0.39 is 0 Å². The first-order valence-corrected chi connectivity index (χ1v) is 8.48. The van der Waals surface area contributed by atoms with E-state index in [2.05, 4.69) is 10.3 Å². The number of rotatable bonds is 4. The molecule has 1 aromatic heterocycles. The lowest BCUT2D eigenvalue weighted by Gasteiger charge is -2.12. The average Bonchev–Trinajstić information content (AvgIpc) is 3.05. The Balaban J connectivity index is 1.70. The van der Waals surface area contributed by atoms with E-state index in [-0.39, 0.29) is 5.78 Å². The smallest absolute Gasteiger partial charge is 0.165 e. The van der Waals surface area contributed by atoms with Crippen molar-refractivity contribution in [3.63, 3.8) is 0 Å². The lowest BCUT2D eigenvalue weighted by Crippen LogP contribution is -2.00. The Morgan fingerprint density at radius 2 is 2.00 bits per heavy atom. The number of nitrogens with zero attached hydrogens (tertiary/aromatic N) is 1. The molecule has 0 aliphatic heterocycles. The summed E-state index contributed by atoms with van der Waals surface area (Å²) in [5, 5.41) is 3.29. The fraction of sp³-hybridized carbons (Fsp3) is 0.143. The molecule has 0 fully saturated rings. The van der Waals surface area contributed by atoms with E-state index in [0.717, 1.165) is 40.4 Å². The summed E-state index contributed by atoms with van der Waals surface area (Å²) in [5.74, 6) is 1.63. The number of nitrogens with one attached hydrogen (secondary N) is 1. The second-order valence-electron chi connectivity index (χ2n) is 6.27. The van der Waals surface area contributed by atoms with Crippen LogP contribution in [0.2, 0.25) is 0 Å². The van der Waals surface area contributed by atoms with Crippen LogP contribution in [0.4, 0.5) is 17.2 Å². The van der Waals surface area contributed by atoms with Crippen LogP contribution in [0.3, 0.4) is 0 Å². The quantitative estimate of drug-likeness (QED) is 0.693. The van der Waals surface area contributed by atoms with Crippen LogP contribution in [0.5, 0.6) is 5.75 Å². The van der Waals surface area contributed by atoms with E-state index in [1.165, 1.54) is 0 Å². The maximum Gasteiger partial charge on any atom is 0.165 e. The SMILES string of the molecule is COc1cccc(Nc2cc(-c3ccc(N)c4c3CCC4=O)ccn2)c1. The molecule has 1 heterocycles. The summed E-state index contributed by atoms with van der Waals surface area (Å²) in [4.78, 5) is 16.5. The van der Waals surface area contributed by atoms with Crippen molar-refractivity contribution >= 4 is 23.0 Å². The minimum absolute atomic E-state index is 0.128. The van der Waals surface area contributed by atoms with Crippen molar-refractivity contribution < 1.29 is 9.53 Å². The van der Waals surface area contributed by atoms with Gasteiger partial charge in [-0.1, -0.05) is 12.1 Å². The van der Waals surface area contributed by atoms with Crippen molar-refractivity contribution in [3.05, 3.63) is 65.9 Å². The Hall–Kier alpha value is -3.34. The predicted octanol–water partition coefficient (Wildman–Crippen LogP) is 4.21. The lowest BCUT2D eigenvalue weighted by atomic mass is 9.96. The second-order valence-corrected chi connectivity index (χ2v) is 6.27. The number of hydrogen-bond donors (Lipinski definition) is 2. The fourth-order valence-electron chi connectivity index (χ4n) is 3.40. The molecule has 0 bridgehead atoms. The summed E-state index contributed by atoms with van der Waals surface area (Å²) < 4.78 is 5.25. The number of pyridine rings is 1. The molecule has 0 atom stereocenters. The van der Waals surface area contributed by atoms with Crippen molar-refractivity contribution in [1.82, 2.24) is 4.98 Å². The van der Waals surface area contributed by atoms with Crippen LogP contribution < -0.4 is 15.8 Å². The van der Waals surface area contributed by atoms with Gasteiger partial charge in [-0.3, -0.25) is 4.79 Å². The molecule has 1 aliphatic rings. The maximum absolute atomic E-state index is 12.1. The molecule has 0 radical (unpaired) electrons. The minimum Gasteiger partial charge on any atom is -0.497 e. The Morgan fingerprint density at radius 3 is 2.85 bits per heavy atom. The van der Waals surface area contributed by atoms with Crippen molar-refractivity contribution in [3.8, 4) is 16.9 Å². The van der Waals surface area contributed by atoms with Gasteiger partial charge in [-0.05, 0) is 53.4 Å². The van der Waals surface area contributed by atoms with Crippen LogP contribution in [0.1, 0.15) is 22.3 Å². The number of aromatic nitrogens is 1. The number of carbonyl (C=O) groups is 1. The van der Waals surface area contributed by atoms with Gasteiger partial charge in [0.1, 0.15) is 11.6 Å². The van der Waals surface area contributed by atoms with Gasteiger partial charge in [0.25, 0.3) is 0 Å². The van der Waals surface area contributed by atoms with Gasteiger partial charge in [0, 0.05) is 35.6 Å². The average molecular weight is 345 g/mol. The van der Waals surface area contributed by atoms with Crippen molar-refractivity contribution in [2.75, 3.05) is 18.2 Å². The largest absolute Gasteiger partial charge is 0.497 e. The third-order valence-electron chi connectivity index (χ3n) is 4.64. The molecule has 0 amide bonds. The van der Waals surface area contributed by atoms with Crippen molar-refractivity contribution in [2.45, 2.75) is 12.8 Å². The van der Waals surface area contributed by atoms with E-state index in [0.29, 0.717) is 17.7 Å². The molecule has 130 valence electrons. The number of benzene rings is 2. The molecular weight excluding hydrogens is 326 g/mol. The third kappa shape index (κ3) is 2.88. The Bertz CT molecular complexity index is 998. The normalized spacial score (nSPS) is 12.7. The summed E-state index contributed by atoms with van der Waals surface area (Å²) in [7, 11) is 1.64. The number of methoxy groups -OCH3 is 1. The number of nitrogen functional groups attached to an aromatic ring is 1. The zero-order valence-corrected chi connectivity index (χ0v) is 14.5. The van der Waals surface area contributed by atoms with Crippen molar-refractivity contribution in [1.29, 1.82) is 0 Å². The Morgan fingerprint density at radius 1 is 1.12 bits per heavy atom. The zero-order valence-electron chi connectivity index (χ0n) is 14.5. The molecule has 26 heavy (non-hydrogen) atoms. The van der Waals surface area contributed by atoms with E-state index in [4.69, 9.17) is 10.5 Å². The first kappa shape index (κ1) is 16.1. The summed E-state index contributed by atoms with van der Waals surface area (Å²) in [6, 6.07) is 15.4. The van der Waals surface area contributed by atoms with Crippen molar-refractivity contribution in [2.24, 2.45) is 0 Å². The number of ketones is 1. The number of nitrogens with two attached hydrogens (primary N) is 1. The predicted molar refractivity (Wildman–Crippen MR) is 103 cm³/mol. The van der Waals surface area contributed by atoms with E-state index in [1.54, 1.807) is 13.3 Å². The van der Waals surface area contributed by atoms with E-state index >= 15 is 0 Å². The van der Waals surface area contributed by atoms with Gasteiger partial charge in [0.2, 0.25) is 0 Å². The first-order valence-electron chi connectivity index (χ1n) is 8.48. The molecule has 0 saturated carbocycles. The highest BCUT2D eigenvalue weighted by molar-refractivity contribution is 6.06. The molecule has 5 nitrogen and oxygen atoms in total. The highest BCUT2D eigenvalue weighted by Crippen LogP contribution is 2.36. The topological polar surface area (TPSA) is 77.2 Å². The second kappa shape index (κ2) is 6.52. The molecule has 0 spiro atoms. The molecule has 4 rings (SSSR count). The molecule has 2 aromatic carbocycles. The Labute approximate surface area is 151 Å². The molecule has 5 heteroatoms. The van der Waals surface area contributed by atoms with Gasteiger partial charge < -0.3 is 15.8 Å². The zero-order chi connectivity index (χ0) is 18.1. The number of anilines is 3. The summed E-state index contributed by atoms with van der Waals surface area (Å²) in [6.45, 7) is 0. The molecule has 1 aliphatic carbocycles. The molecule has 0 unspecified atom stereocenters. The van der Waals surface area contributed by atoms with Gasteiger partial charge in [-0.25, -0.2) is 4.98 Å². The highest BCUT2D eigenvalue weighted by atomic mass is 16.5. The summed E-state index contributed by atoms with van der Waals surface area (Å²) >= 11 is 0. The molecule has 3 aromatic rings. The monoisotopic (exact) mass is 345 g/mol. The number of ether oxygens (including phenoxy) is 1. The first-order chi connectivity index (χ1) is 12.7. The summed E-state index contributed by atoms with van der Waals surface area (Å²) in [6.07, 6.45) is 3.02. The number of hydrogen-bond acceptors (Lipinski definition) is 5. The van der Waals surface area contributed by atoms with Crippen LogP contribution in [0, 0.1) is 0 Å². The standard InChI is InChI=1S/C21H19N3O2/c1-26-15-4-2-3-14(12-15)24-20-11-13(9-10-23-20)16-5-7-18(22)21-17(16)6-8-19(21)25/h2-5,7,9-12H,6,8,22H2,1H3,(H,23,24). The van der Waals surface area contributed by atoms with Crippen LogP contribution in [0.25, 0.3) is 11.1 Å². The third-order valence-corrected chi connectivity index (χ3v) is 4.64. The number of carbonyl (C=O) groups excluding carboxylic acids is 1. The lowest BCUT2D eigenvalue weighted by molar-refractivity contribution is 0.0995. The summed E-state index contributed by atoms with van der Waals surface area (Å²) in [5.41, 5.74) is 11.2. The number of Topliss-reactive ketones (excluding diaryl/α,β-unsaturated/α-hetero) is 1. The van der Waals surface area contributed by atoms with Gasteiger partial charge in [0.15, 0.2) is 5.78 Å². The van der Waals surface area contributed by atoms with Crippen LogP contribution >= 0.6 is 0 Å². The molecule has 3 N–H and O–H groups in total. The minimum atomic E-state index is 0.128. The van der Waals surface area contributed by atoms with Gasteiger partial charge >= 0.3 is 0 Å².